The molecule has 0 aliphatic rings. The van der Waals surface area contributed by atoms with E-state index in [9.17, 15) is 0 Å². The van der Waals surface area contributed by atoms with E-state index in [4.69, 9.17) is 9.47 Å². The Kier molecular flexibility index (Phi) is 16.7. The van der Waals surface area contributed by atoms with Crippen molar-refractivity contribution in [2.45, 2.75) is 65.6 Å². The molecule has 5 nitrogen and oxygen atoms in total. The van der Waals surface area contributed by atoms with Crippen molar-refractivity contribution >= 4 is 29.9 Å². The van der Waals surface area contributed by atoms with Crippen molar-refractivity contribution in [3.63, 3.8) is 0 Å². The predicted molar refractivity (Wildman–Crippen MR) is 125 cm³/mol. The molecule has 0 aromatic heterocycles. The number of hydrogen-bond donors (Lipinski definition) is 2. The fraction of sp³-hybridized carbons (Fsp3) is 0.667. The number of benzene rings is 1. The summed E-state index contributed by atoms with van der Waals surface area (Å²) in [6, 6.07) is 8.88. The van der Waals surface area contributed by atoms with Crippen LogP contribution in [0.1, 0.15) is 57.6 Å². The lowest BCUT2D eigenvalue weighted by molar-refractivity contribution is 0.0453. The maximum Gasteiger partial charge on any atom is 0.191 e. The molecular weight excluding hydrogens is 453 g/mol. The van der Waals surface area contributed by atoms with Crippen molar-refractivity contribution in [2.75, 3.05) is 26.9 Å². The summed E-state index contributed by atoms with van der Waals surface area (Å²) in [5.41, 5.74) is 2.40. The van der Waals surface area contributed by atoms with Gasteiger partial charge in [-0.05, 0) is 31.4 Å². The molecule has 0 heterocycles. The molecule has 1 rings (SSSR count). The van der Waals surface area contributed by atoms with Crippen LogP contribution in [0.4, 0.5) is 0 Å². The van der Waals surface area contributed by atoms with E-state index < -0.39 is 0 Å². The van der Waals surface area contributed by atoms with Gasteiger partial charge in [0.2, 0.25) is 0 Å². The summed E-state index contributed by atoms with van der Waals surface area (Å²) >= 11 is 0. The molecule has 0 saturated heterocycles. The Morgan fingerprint density at radius 3 is 2.56 bits per heavy atom. The molecule has 1 atom stereocenters. The maximum absolute atomic E-state index is 5.64. The average Bonchev–Trinajstić information content (AvgIpc) is 2.65. The van der Waals surface area contributed by atoms with Crippen LogP contribution in [0.2, 0.25) is 0 Å². The van der Waals surface area contributed by atoms with Gasteiger partial charge in [0.05, 0.1) is 19.8 Å². The smallest absolute Gasteiger partial charge is 0.191 e. The van der Waals surface area contributed by atoms with Gasteiger partial charge in [-0.25, -0.2) is 0 Å². The molecule has 2 N–H and O–H groups in total. The van der Waals surface area contributed by atoms with Crippen LogP contribution in [0.15, 0.2) is 29.3 Å². The van der Waals surface area contributed by atoms with Crippen LogP contribution in [0.5, 0.6) is 0 Å². The van der Waals surface area contributed by atoms with Gasteiger partial charge in [0, 0.05) is 26.2 Å². The van der Waals surface area contributed by atoms with Crippen molar-refractivity contribution in [3.8, 4) is 0 Å². The van der Waals surface area contributed by atoms with E-state index in [2.05, 4.69) is 53.7 Å². The highest BCUT2D eigenvalue weighted by Crippen LogP contribution is 2.07. The molecular formula is C21H38IN3O2. The molecule has 1 aromatic carbocycles. The van der Waals surface area contributed by atoms with Gasteiger partial charge in [-0.2, -0.15) is 0 Å². The fourth-order valence-corrected chi connectivity index (χ4v) is 2.67. The van der Waals surface area contributed by atoms with Gasteiger partial charge in [-0.1, -0.05) is 50.5 Å². The maximum atomic E-state index is 5.64. The van der Waals surface area contributed by atoms with E-state index in [1.54, 1.807) is 0 Å². The third-order valence-electron chi connectivity index (χ3n) is 4.14. The SMILES string of the molecule is CCCCCC(C)NC(=NC)NCc1cccc(COCCOCC)c1.I. The molecule has 0 aliphatic carbocycles. The largest absolute Gasteiger partial charge is 0.379 e. The fourth-order valence-electron chi connectivity index (χ4n) is 2.67. The number of rotatable bonds is 13. The summed E-state index contributed by atoms with van der Waals surface area (Å²) in [7, 11) is 1.82. The third-order valence-corrected chi connectivity index (χ3v) is 4.14. The second kappa shape index (κ2) is 17.3. The van der Waals surface area contributed by atoms with Gasteiger partial charge >= 0.3 is 0 Å². The number of aliphatic imine (C=N–C) groups is 1. The predicted octanol–water partition coefficient (Wildman–Crippen LogP) is 4.49. The lowest BCUT2D eigenvalue weighted by atomic mass is 10.1. The molecule has 1 unspecified atom stereocenters. The second-order valence-electron chi connectivity index (χ2n) is 6.54. The number of hydrogen-bond acceptors (Lipinski definition) is 3. The van der Waals surface area contributed by atoms with Crippen LogP contribution < -0.4 is 10.6 Å². The molecule has 1 aromatic rings. The van der Waals surface area contributed by atoms with Gasteiger partial charge in [0.1, 0.15) is 0 Å². The first-order valence-corrected chi connectivity index (χ1v) is 9.90. The number of guanidine groups is 1. The third kappa shape index (κ3) is 13.0. The zero-order chi connectivity index (χ0) is 19.0. The standard InChI is InChI=1S/C21H37N3O2.HI/c1-5-7-8-10-18(3)24-21(22-4)23-16-19-11-9-12-20(15-19)17-26-14-13-25-6-2;/h9,11-12,15,18H,5-8,10,13-14,16-17H2,1-4H3,(H2,22,23,24);1H. The first kappa shape index (κ1) is 26.1. The summed E-state index contributed by atoms with van der Waals surface area (Å²) in [5, 5.41) is 6.86. The molecule has 0 amide bonds. The summed E-state index contributed by atoms with van der Waals surface area (Å²) < 4.78 is 10.9. The van der Waals surface area contributed by atoms with Crippen LogP contribution >= 0.6 is 24.0 Å². The summed E-state index contributed by atoms with van der Waals surface area (Å²) in [5.74, 6) is 0.854. The number of halogens is 1. The lowest BCUT2D eigenvalue weighted by Crippen LogP contribution is -2.41. The Bertz CT molecular complexity index is 512. The number of ether oxygens (including phenoxy) is 2. The molecule has 27 heavy (non-hydrogen) atoms. The van der Waals surface area contributed by atoms with E-state index in [1.807, 2.05) is 14.0 Å². The quantitative estimate of drug-likeness (QED) is 0.185. The first-order valence-electron chi connectivity index (χ1n) is 9.90. The summed E-state index contributed by atoms with van der Waals surface area (Å²) in [6.45, 7) is 9.80. The Labute approximate surface area is 182 Å². The Hall–Kier alpha value is -0.860. The molecule has 0 spiro atoms. The lowest BCUT2D eigenvalue weighted by Gasteiger charge is -2.18. The van der Waals surface area contributed by atoms with Gasteiger partial charge in [0.25, 0.3) is 0 Å². The van der Waals surface area contributed by atoms with Gasteiger partial charge in [-0.3, -0.25) is 4.99 Å². The number of nitrogens with zero attached hydrogens (tertiary/aromatic N) is 1. The van der Waals surface area contributed by atoms with Crippen molar-refractivity contribution in [1.29, 1.82) is 0 Å². The second-order valence-corrected chi connectivity index (χ2v) is 6.54. The molecule has 0 radical (unpaired) electrons. The van der Waals surface area contributed by atoms with E-state index >= 15 is 0 Å². The molecule has 0 fully saturated rings. The van der Waals surface area contributed by atoms with Crippen LogP contribution in [0.3, 0.4) is 0 Å². The van der Waals surface area contributed by atoms with Crippen LogP contribution in [0.25, 0.3) is 0 Å². The normalized spacial score (nSPS) is 12.4. The number of nitrogens with one attached hydrogen (secondary N) is 2. The van der Waals surface area contributed by atoms with Crippen molar-refractivity contribution in [2.24, 2.45) is 4.99 Å². The topological polar surface area (TPSA) is 54.9 Å². The van der Waals surface area contributed by atoms with Crippen molar-refractivity contribution < 1.29 is 9.47 Å². The Morgan fingerprint density at radius 1 is 1.11 bits per heavy atom. The zero-order valence-corrected chi connectivity index (χ0v) is 19.8. The molecule has 156 valence electrons. The first-order chi connectivity index (χ1) is 12.7. The van der Waals surface area contributed by atoms with Crippen LogP contribution in [0, 0.1) is 0 Å². The van der Waals surface area contributed by atoms with Gasteiger partial charge < -0.3 is 20.1 Å². The molecule has 0 bridgehead atoms. The van der Waals surface area contributed by atoms with Gasteiger partial charge in [0.15, 0.2) is 5.96 Å². The van der Waals surface area contributed by atoms with Crippen LogP contribution in [-0.2, 0) is 22.6 Å². The highest BCUT2D eigenvalue weighted by atomic mass is 127. The molecule has 6 heteroatoms. The zero-order valence-electron chi connectivity index (χ0n) is 17.4. The summed E-state index contributed by atoms with van der Waals surface area (Å²) in [4.78, 5) is 4.33. The Morgan fingerprint density at radius 2 is 1.85 bits per heavy atom. The minimum absolute atomic E-state index is 0. The molecule has 0 aliphatic heterocycles. The van der Waals surface area contributed by atoms with E-state index in [-0.39, 0.29) is 24.0 Å². The highest BCUT2D eigenvalue weighted by molar-refractivity contribution is 14.0. The number of unbranched alkanes of at least 4 members (excludes halogenated alkanes) is 2. The van der Waals surface area contributed by atoms with E-state index in [0.717, 1.165) is 19.1 Å². The van der Waals surface area contributed by atoms with Crippen LogP contribution in [-0.4, -0.2) is 38.9 Å². The minimum atomic E-state index is 0. The van der Waals surface area contributed by atoms with Gasteiger partial charge in [-0.15, -0.1) is 24.0 Å². The van der Waals surface area contributed by atoms with Crippen molar-refractivity contribution in [1.82, 2.24) is 10.6 Å². The molecule has 0 saturated carbocycles. The summed E-state index contributed by atoms with van der Waals surface area (Å²) in [6.07, 6.45) is 4.97. The van der Waals surface area contributed by atoms with E-state index in [1.165, 1.54) is 36.8 Å². The highest BCUT2D eigenvalue weighted by Gasteiger charge is 2.05. The minimum Gasteiger partial charge on any atom is -0.379 e. The Balaban J connectivity index is 0.00000676. The van der Waals surface area contributed by atoms with Crippen molar-refractivity contribution in [3.05, 3.63) is 35.4 Å². The van der Waals surface area contributed by atoms with E-state index in [0.29, 0.717) is 25.9 Å². The monoisotopic (exact) mass is 491 g/mol. The average molecular weight is 491 g/mol.